The fourth-order valence-electron chi connectivity index (χ4n) is 4.83. The highest BCUT2D eigenvalue weighted by Crippen LogP contribution is 2.32. The molecule has 190 valence electrons. The molecule has 35 heavy (non-hydrogen) atoms. The average molecular weight is 480 g/mol. The van der Waals surface area contributed by atoms with Crippen molar-refractivity contribution in [2.75, 3.05) is 38.6 Å². The molecule has 0 unspecified atom stereocenters. The summed E-state index contributed by atoms with van der Waals surface area (Å²) in [4.78, 5) is 15.3. The van der Waals surface area contributed by atoms with Gasteiger partial charge in [-0.2, -0.15) is 0 Å². The van der Waals surface area contributed by atoms with Crippen LogP contribution in [0.25, 0.3) is 22.3 Å². The molecule has 3 aromatic rings. The molecule has 0 spiro atoms. The highest BCUT2D eigenvalue weighted by molar-refractivity contribution is 5.82. The fourth-order valence-corrected chi connectivity index (χ4v) is 4.83. The summed E-state index contributed by atoms with van der Waals surface area (Å²) in [6.45, 7) is 10.3. The van der Waals surface area contributed by atoms with Crippen LogP contribution in [0.4, 0.5) is 5.69 Å². The van der Waals surface area contributed by atoms with Crippen molar-refractivity contribution in [2.45, 2.75) is 65.8 Å². The van der Waals surface area contributed by atoms with Gasteiger partial charge in [-0.3, -0.25) is 4.79 Å². The quantitative estimate of drug-likeness (QED) is 0.213. The molecule has 1 aromatic heterocycles. The summed E-state index contributed by atoms with van der Waals surface area (Å²) < 4.78 is 6.91. The Labute approximate surface area is 210 Å². The second-order valence-electron chi connectivity index (χ2n) is 10.2. The fraction of sp³-hybridized carbons (Fsp3) is 0.500. The lowest BCUT2D eigenvalue weighted by Gasteiger charge is -2.30. The van der Waals surface area contributed by atoms with Crippen LogP contribution in [0.1, 0.15) is 64.9 Å². The molecule has 0 aliphatic rings. The summed E-state index contributed by atoms with van der Waals surface area (Å²) in [6.07, 6.45) is 7.73. The normalized spacial score (nSPS) is 11.8. The molecular weight excluding hydrogens is 436 g/mol. The lowest BCUT2D eigenvalue weighted by molar-refractivity contribution is -0.903. The van der Waals surface area contributed by atoms with Crippen LogP contribution >= 0.6 is 0 Å². The summed E-state index contributed by atoms with van der Waals surface area (Å²) >= 11 is 0. The van der Waals surface area contributed by atoms with Gasteiger partial charge >= 0.3 is 0 Å². The number of nitrogens with zero attached hydrogens (tertiary/aromatic N) is 2. The van der Waals surface area contributed by atoms with E-state index in [2.05, 4.69) is 39.8 Å². The first-order valence-electron chi connectivity index (χ1n) is 13.3. The number of fused-ring (bicyclic) bond motifs is 1. The van der Waals surface area contributed by atoms with E-state index >= 15 is 0 Å². The Morgan fingerprint density at radius 1 is 0.886 bits per heavy atom. The van der Waals surface area contributed by atoms with E-state index in [0.717, 1.165) is 41.9 Å². The highest BCUT2D eigenvalue weighted by atomic mass is 16.4. The van der Waals surface area contributed by atoms with Crippen molar-refractivity contribution in [3.63, 3.8) is 0 Å². The maximum absolute atomic E-state index is 13.1. The molecule has 0 fully saturated rings. The van der Waals surface area contributed by atoms with Crippen molar-refractivity contribution in [3.05, 3.63) is 58.3 Å². The van der Waals surface area contributed by atoms with E-state index in [9.17, 15) is 9.90 Å². The van der Waals surface area contributed by atoms with Crippen molar-refractivity contribution >= 4 is 16.7 Å². The number of hydrogen-bond donors (Lipinski definition) is 1. The minimum absolute atomic E-state index is 0.223. The van der Waals surface area contributed by atoms with Crippen LogP contribution in [0.2, 0.25) is 0 Å². The number of quaternary nitrogens is 1. The highest BCUT2D eigenvalue weighted by Gasteiger charge is 2.19. The van der Waals surface area contributed by atoms with Crippen LogP contribution in [0.15, 0.2) is 51.7 Å². The minimum atomic E-state index is -0.378. The number of benzene rings is 2. The molecule has 2 aromatic carbocycles. The molecule has 5 nitrogen and oxygen atoms in total. The van der Waals surface area contributed by atoms with Crippen LogP contribution < -0.4 is 10.3 Å². The van der Waals surface area contributed by atoms with Crippen molar-refractivity contribution < 1.29 is 14.0 Å². The Hall–Kier alpha value is -2.79. The van der Waals surface area contributed by atoms with Gasteiger partial charge in [-0.1, -0.05) is 32.6 Å². The third-order valence-electron chi connectivity index (χ3n) is 6.92. The number of anilines is 1. The van der Waals surface area contributed by atoms with Crippen molar-refractivity contribution in [1.29, 1.82) is 0 Å². The molecule has 0 aliphatic carbocycles. The first kappa shape index (κ1) is 26.8. The zero-order chi connectivity index (χ0) is 25.4. The maximum atomic E-state index is 13.1. The Kier molecular flexibility index (Phi) is 9.39. The zero-order valence-corrected chi connectivity index (χ0v) is 22.3. The zero-order valence-electron chi connectivity index (χ0n) is 22.3. The number of rotatable bonds is 13. The van der Waals surface area contributed by atoms with Gasteiger partial charge in [0, 0.05) is 29.9 Å². The molecule has 1 heterocycles. The second kappa shape index (κ2) is 12.3. The molecule has 3 rings (SSSR count). The van der Waals surface area contributed by atoms with E-state index in [4.69, 9.17) is 4.42 Å². The predicted molar refractivity (Wildman–Crippen MR) is 147 cm³/mol. The molecule has 0 amide bonds. The van der Waals surface area contributed by atoms with Gasteiger partial charge < -0.3 is 18.9 Å². The third kappa shape index (κ3) is 6.88. The summed E-state index contributed by atoms with van der Waals surface area (Å²) in [5.74, 6) is -0.105. The Morgan fingerprint density at radius 2 is 1.54 bits per heavy atom. The summed E-state index contributed by atoms with van der Waals surface area (Å²) in [6, 6.07) is 13.6. The van der Waals surface area contributed by atoms with Gasteiger partial charge in [-0.25, -0.2) is 0 Å². The van der Waals surface area contributed by atoms with Crippen molar-refractivity contribution in [3.8, 4) is 17.1 Å². The van der Waals surface area contributed by atoms with E-state index in [-0.39, 0.29) is 16.9 Å². The minimum Gasteiger partial charge on any atom is -0.502 e. The SMILES string of the molecule is CCCCCCCC[N+](C)(C)Cc1ccc2oc(-c3ccc(N(CC)CC)cc3)c(O)c(=O)c2c1. The monoisotopic (exact) mass is 479 g/mol. The standard InChI is InChI=1S/C30H42N2O3/c1-6-9-10-11-12-13-20-32(4,5)22-23-14-19-27-26(21-23)28(33)29(34)30(35-27)24-15-17-25(18-16-24)31(7-2)8-3/h14-19,21H,6-13,20,22H2,1-5H3/p+1. The van der Waals surface area contributed by atoms with Crippen LogP contribution in [0.5, 0.6) is 5.75 Å². The van der Waals surface area contributed by atoms with Crippen LogP contribution in [0, 0.1) is 0 Å². The molecule has 1 N–H and O–H groups in total. The van der Waals surface area contributed by atoms with Gasteiger partial charge in [-0.15, -0.1) is 0 Å². The Bertz CT molecular complexity index is 1140. The molecule has 0 atom stereocenters. The lowest BCUT2D eigenvalue weighted by Crippen LogP contribution is -2.39. The van der Waals surface area contributed by atoms with Crippen LogP contribution in [-0.2, 0) is 6.54 Å². The molecular formula is C30H43N2O3+. The predicted octanol–water partition coefficient (Wildman–Crippen LogP) is 6.95. The Balaban J connectivity index is 1.77. The van der Waals surface area contributed by atoms with E-state index in [0.29, 0.717) is 16.5 Å². The average Bonchev–Trinajstić information content (AvgIpc) is 2.85. The first-order valence-corrected chi connectivity index (χ1v) is 13.3. The van der Waals surface area contributed by atoms with Gasteiger partial charge in [0.15, 0.2) is 5.76 Å². The summed E-state index contributed by atoms with van der Waals surface area (Å²) in [5, 5.41) is 11.2. The number of aromatic hydroxyl groups is 1. The smallest absolute Gasteiger partial charge is 0.235 e. The summed E-state index contributed by atoms with van der Waals surface area (Å²) in [5.41, 5.74) is 3.00. The largest absolute Gasteiger partial charge is 0.502 e. The number of hydrogen-bond acceptors (Lipinski definition) is 4. The lowest BCUT2D eigenvalue weighted by atomic mass is 10.1. The van der Waals surface area contributed by atoms with Crippen LogP contribution in [-0.4, -0.2) is 43.3 Å². The second-order valence-corrected chi connectivity index (χ2v) is 10.2. The summed E-state index contributed by atoms with van der Waals surface area (Å²) in [7, 11) is 4.47. The van der Waals surface area contributed by atoms with Gasteiger partial charge in [-0.05, 0) is 69.2 Å². The van der Waals surface area contributed by atoms with Crippen molar-refractivity contribution in [1.82, 2.24) is 0 Å². The molecule has 0 saturated carbocycles. The topological polar surface area (TPSA) is 53.7 Å². The number of unbranched alkanes of at least 4 members (excludes halogenated alkanes) is 5. The van der Waals surface area contributed by atoms with Crippen molar-refractivity contribution in [2.24, 2.45) is 0 Å². The first-order chi connectivity index (χ1) is 16.8. The van der Waals surface area contributed by atoms with Gasteiger partial charge in [0.25, 0.3) is 0 Å². The molecule has 0 saturated heterocycles. The molecule has 5 heteroatoms. The maximum Gasteiger partial charge on any atom is 0.235 e. The Morgan fingerprint density at radius 3 is 2.20 bits per heavy atom. The van der Waals surface area contributed by atoms with Gasteiger partial charge in [0.1, 0.15) is 12.1 Å². The van der Waals surface area contributed by atoms with E-state index < -0.39 is 0 Å². The molecule has 0 radical (unpaired) electrons. The van der Waals surface area contributed by atoms with E-state index in [1.807, 2.05) is 42.5 Å². The van der Waals surface area contributed by atoms with Crippen LogP contribution in [0.3, 0.4) is 0 Å². The van der Waals surface area contributed by atoms with Gasteiger partial charge in [0.2, 0.25) is 11.2 Å². The third-order valence-corrected chi connectivity index (χ3v) is 6.92. The molecule has 0 bridgehead atoms. The van der Waals surface area contributed by atoms with E-state index in [1.54, 1.807) is 0 Å². The van der Waals surface area contributed by atoms with Gasteiger partial charge in [0.05, 0.1) is 26.0 Å². The molecule has 0 aliphatic heterocycles. The van der Waals surface area contributed by atoms with E-state index in [1.165, 1.54) is 38.5 Å².